The molecular formula is C25H33F3N2O6. The van der Waals surface area contributed by atoms with Gasteiger partial charge in [-0.05, 0) is 30.7 Å². The molecule has 1 aromatic carbocycles. The van der Waals surface area contributed by atoms with Crippen LogP contribution in [0.25, 0.3) is 0 Å². The second kappa shape index (κ2) is 12.3. The lowest BCUT2D eigenvalue weighted by Gasteiger charge is -2.31. The predicted octanol–water partition coefficient (Wildman–Crippen LogP) is 2.63. The Labute approximate surface area is 208 Å². The molecule has 0 saturated carbocycles. The van der Waals surface area contributed by atoms with Gasteiger partial charge in [0.25, 0.3) is 0 Å². The van der Waals surface area contributed by atoms with Crippen molar-refractivity contribution in [1.82, 2.24) is 10.6 Å². The molecular weight excluding hydrogens is 481 g/mol. The number of ether oxygens (including phenoxy) is 1. The number of hydrogen-bond donors (Lipinski definition) is 3. The molecule has 0 aromatic heterocycles. The van der Waals surface area contributed by atoms with Crippen LogP contribution in [0.3, 0.4) is 0 Å². The molecule has 0 aliphatic carbocycles. The molecule has 1 heterocycles. The first-order valence-corrected chi connectivity index (χ1v) is 11.8. The number of nitrogens with one attached hydrogen (secondary N) is 2. The van der Waals surface area contributed by atoms with Crippen molar-refractivity contribution in [3.63, 3.8) is 0 Å². The van der Waals surface area contributed by atoms with E-state index < -0.39 is 65.7 Å². The van der Waals surface area contributed by atoms with Crippen LogP contribution in [0.2, 0.25) is 0 Å². The third kappa shape index (κ3) is 7.52. The minimum Gasteiger partial charge on any atom is -0.467 e. The van der Waals surface area contributed by atoms with Gasteiger partial charge in [0, 0.05) is 31.2 Å². The van der Waals surface area contributed by atoms with Crippen LogP contribution in [0.1, 0.15) is 51.5 Å². The van der Waals surface area contributed by atoms with Gasteiger partial charge in [-0.3, -0.25) is 14.4 Å². The summed E-state index contributed by atoms with van der Waals surface area (Å²) in [4.78, 5) is 50.1. The first kappa shape index (κ1) is 29.3. The molecule has 4 atom stereocenters. The Balaban J connectivity index is 2.19. The molecule has 11 heteroatoms. The quantitative estimate of drug-likeness (QED) is 0.369. The molecule has 2 amide bonds. The maximum atomic E-state index is 13.8. The number of esters is 1. The van der Waals surface area contributed by atoms with Gasteiger partial charge in [-0.2, -0.15) is 13.2 Å². The van der Waals surface area contributed by atoms with E-state index in [4.69, 9.17) is 4.74 Å². The zero-order valence-corrected chi connectivity index (χ0v) is 20.6. The highest BCUT2D eigenvalue weighted by atomic mass is 19.4. The number of methoxy groups -OCH3 is 1. The van der Waals surface area contributed by atoms with Crippen LogP contribution in [0.5, 0.6) is 0 Å². The van der Waals surface area contributed by atoms with Crippen LogP contribution in [-0.2, 0) is 29.5 Å². The second-order valence-corrected chi connectivity index (χ2v) is 9.57. The average molecular weight is 515 g/mol. The van der Waals surface area contributed by atoms with Gasteiger partial charge in [0.1, 0.15) is 11.8 Å². The van der Waals surface area contributed by atoms with E-state index in [2.05, 4.69) is 10.6 Å². The second-order valence-electron chi connectivity index (χ2n) is 9.57. The van der Waals surface area contributed by atoms with Gasteiger partial charge in [0.2, 0.25) is 11.8 Å². The molecule has 0 radical (unpaired) electrons. The molecule has 1 unspecified atom stereocenters. The molecule has 200 valence electrons. The lowest BCUT2D eigenvalue weighted by molar-refractivity contribution is -0.267. The molecule has 0 bridgehead atoms. The molecule has 36 heavy (non-hydrogen) atoms. The summed E-state index contributed by atoms with van der Waals surface area (Å²) in [5.74, 6) is -4.33. The minimum absolute atomic E-state index is 0.00553. The van der Waals surface area contributed by atoms with E-state index in [1.807, 2.05) is 0 Å². The SMILES string of the molecule is COC(=O)[C@H](C[C@@H]1CCNC1=O)NC(=O)[C@@H](CC(=O)CC(O)(c1ccccc1)C(F)(F)F)CC(C)C. The number of carbonyl (C=O) groups is 4. The lowest BCUT2D eigenvalue weighted by Crippen LogP contribution is -2.47. The summed E-state index contributed by atoms with van der Waals surface area (Å²) >= 11 is 0. The highest BCUT2D eigenvalue weighted by Gasteiger charge is 2.56. The smallest absolute Gasteiger partial charge is 0.421 e. The number of alkyl halides is 3. The summed E-state index contributed by atoms with van der Waals surface area (Å²) in [6.07, 6.45) is -6.32. The minimum atomic E-state index is -5.13. The zero-order valence-electron chi connectivity index (χ0n) is 20.6. The third-order valence-corrected chi connectivity index (χ3v) is 6.26. The summed E-state index contributed by atoms with van der Waals surface area (Å²) < 4.78 is 46.2. The van der Waals surface area contributed by atoms with Crippen LogP contribution in [-0.4, -0.2) is 54.5 Å². The van der Waals surface area contributed by atoms with E-state index in [0.29, 0.717) is 13.0 Å². The molecule has 1 aliphatic rings. The molecule has 8 nitrogen and oxygen atoms in total. The molecule has 3 N–H and O–H groups in total. The fraction of sp³-hybridized carbons (Fsp3) is 0.600. The van der Waals surface area contributed by atoms with Gasteiger partial charge in [0.15, 0.2) is 5.60 Å². The molecule has 2 rings (SSSR count). The largest absolute Gasteiger partial charge is 0.467 e. The Morgan fingerprint density at radius 3 is 2.33 bits per heavy atom. The number of ketones is 1. The molecule has 1 fully saturated rings. The number of benzene rings is 1. The average Bonchev–Trinajstić information content (AvgIpc) is 3.21. The van der Waals surface area contributed by atoms with Crippen LogP contribution in [0.4, 0.5) is 13.2 Å². The first-order chi connectivity index (χ1) is 16.8. The third-order valence-electron chi connectivity index (χ3n) is 6.26. The van der Waals surface area contributed by atoms with E-state index >= 15 is 0 Å². The Kier molecular flexibility index (Phi) is 10.0. The highest BCUT2D eigenvalue weighted by molar-refractivity contribution is 5.90. The van der Waals surface area contributed by atoms with E-state index in [-0.39, 0.29) is 24.7 Å². The maximum Gasteiger partial charge on any atom is 0.421 e. The van der Waals surface area contributed by atoms with Crippen molar-refractivity contribution in [1.29, 1.82) is 0 Å². The first-order valence-electron chi connectivity index (χ1n) is 11.8. The summed E-state index contributed by atoms with van der Waals surface area (Å²) in [7, 11) is 1.13. The van der Waals surface area contributed by atoms with Gasteiger partial charge in [-0.15, -0.1) is 0 Å². The van der Waals surface area contributed by atoms with Crippen LogP contribution < -0.4 is 10.6 Å². The van der Waals surface area contributed by atoms with Gasteiger partial charge in [-0.25, -0.2) is 4.79 Å². The number of aliphatic hydroxyl groups is 1. The summed E-state index contributed by atoms with van der Waals surface area (Å²) in [5.41, 5.74) is -3.88. The molecule has 0 spiro atoms. The summed E-state index contributed by atoms with van der Waals surface area (Å²) in [5, 5.41) is 15.7. The number of Topliss-reactive ketones (excluding diaryl/α,β-unsaturated/α-hetero) is 1. The van der Waals surface area contributed by atoms with Crippen molar-refractivity contribution < 1.29 is 42.2 Å². The van der Waals surface area contributed by atoms with E-state index in [1.54, 1.807) is 13.8 Å². The van der Waals surface area contributed by atoms with Crippen molar-refractivity contribution in [3.05, 3.63) is 35.9 Å². The topological polar surface area (TPSA) is 122 Å². The van der Waals surface area contributed by atoms with Gasteiger partial charge in [-0.1, -0.05) is 44.2 Å². The predicted molar refractivity (Wildman–Crippen MR) is 123 cm³/mol. The van der Waals surface area contributed by atoms with Gasteiger partial charge < -0.3 is 20.5 Å². The van der Waals surface area contributed by atoms with Crippen molar-refractivity contribution in [2.75, 3.05) is 13.7 Å². The lowest BCUT2D eigenvalue weighted by atomic mass is 9.84. The summed E-state index contributed by atoms with van der Waals surface area (Å²) in [6.45, 7) is 4.00. The monoisotopic (exact) mass is 514 g/mol. The zero-order chi connectivity index (χ0) is 27.1. The Morgan fingerprint density at radius 2 is 1.83 bits per heavy atom. The molecule has 1 aromatic rings. The van der Waals surface area contributed by atoms with Crippen molar-refractivity contribution in [2.45, 2.75) is 63.8 Å². The molecule has 1 saturated heterocycles. The standard InChI is InChI=1S/C25H33F3N2O6/c1-15(2)11-17(22(33)30-20(23(34)36-3)13-16-9-10-29-21(16)32)12-19(31)14-24(35,25(26,27)28)18-7-5-4-6-8-18/h4-8,15-17,20,35H,9-14H2,1-3H3,(H,29,32)(H,30,33)/t16-,17+,20-,24?/m0/s1. The number of carbonyl (C=O) groups excluding carboxylic acids is 4. The number of halogens is 3. The normalized spacial score (nSPS) is 19.2. The number of rotatable bonds is 12. The van der Waals surface area contributed by atoms with Crippen LogP contribution in [0.15, 0.2) is 30.3 Å². The number of amides is 2. The number of hydrogen-bond acceptors (Lipinski definition) is 6. The fourth-order valence-corrected chi connectivity index (χ4v) is 4.36. The van der Waals surface area contributed by atoms with E-state index in [1.165, 1.54) is 18.2 Å². The Hall–Kier alpha value is -2.95. The Bertz CT molecular complexity index is 937. The molecule has 1 aliphatic heterocycles. The Morgan fingerprint density at radius 1 is 1.19 bits per heavy atom. The van der Waals surface area contributed by atoms with E-state index in [0.717, 1.165) is 19.2 Å². The van der Waals surface area contributed by atoms with Crippen molar-refractivity contribution >= 4 is 23.6 Å². The van der Waals surface area contributed by atoms with Crippen molar-refractivity contribution in [2.24, 2.45) is 17.8 Å². The van der Waals surface area contributed by atoms with Gasteiger partial charge in [0.05, 0.1) is 7.11 Å². The van der Waals surface area contributed by atoms with E-state index in [9.17, 15) is 37.5 Å². The fourth-order valence-electron chi connectivity index (χ4n) is 4.36. The highest BCUT2D eigenvalue weighted by Crippen LogP contribution is 2.42. The summed E-state index contributed by atoms with van der Waals surface area (Å²) in [6, 6.07) is 5.14. The maximum absolute atomic E-state index is 13.8. The van der Waals surface area contributed by atoms with Crippen molar-refractivity contribution in [3.8, 4) is 0 Å². The van der Waals surface area contributed by atoms with Crippen LogP contribution >= 0.6 is 0 Å². The van der Waals surface area contributed by atoms with Gasteiger partial charge >= 0.3 is 12.1 Å². The van der Waals surface area contributed by atoms with Crippen LogP contribution in [0, 0.1) is 17.8 Å².